The second-order valence-electron chi connectivity index (χ2n) is 14.1. The van der Waals surface area contributed by atoms with Crippen molar-refractivity contribution in [2.45, 2.75) is 71.1 Å². The number of carbonyl (C=O) groups is 2. The number of fused-ring (bicyclic) bond motifs is 1. The molecule has 3 fully saturated rings. The van der Waals surface area contributed by atoms with E-state index in [0.29, 0.717) is 65.8 Å². The number of nitrogens with one attached hydrogen (secondary N) is 1. The lowest BCUT2D eigenvalue weighted by Gasteiger charge is -2.54. The lowest BCUT2D eigenvalue weighted by Crippen LogP contribution is -2.60. The SMILES string of the molecule is CCC1(C(=O)N(OC(=O)C(F)(F)F)C(C)C)CCN(c2ccc(-c3cc(-c4cnn(C5CC6(CNC6)C5)c4)cn4ncc(C#N)c34)cn2)CC1. The fraction of sp³-hybridized carbons (Fsp3) is 0.486. The molecule has 1 spiro atoms. The predicted molar refractivity (Wildman–Crippen MR) is 176 cm³/mol. The van der Waals surface area contributed by atoms with Crippen LogP contribution in [0.4, 0.5) is 19.0 Å². The zero-order valence-corrected chi connectivity index (χ0v) is 28.1. The van der Waals surface area contributed by atoms with Crippen molar-refractivity contribution < 1.29 is 27.6 Å². The molecule has 0 bridgehead atoms. The Labute approximate surface area is 286 Å². The third-order valence-electron chi connectivity index (χ3n) is 10.7. The lowest BCUT2D eigenvalue weighted by molar-refractivity contribution is -0.245. The highest BCUT2D eigenvalue weighted by Crippen LogP contribution is 2.51. The van der Waals surface area contributed by atoms with E-state index in [9.17, 15) is 28.0 Å². The number of rotatable bonds is 7. The molecule has 7 rings (SSSR count). The van der Waals surface area contributed by atoms with Crippen LogP contribution < -0.4 is 10.2 Å². The number of pyridine rings is 2. The molecule has 0 unspecified atom stereocenters. The molecule has 0 aromatic carbocycles. The molecule has 3 aliphatic rings. The fourth-order valence-corrected chi connectivity index (χ4v) is 7.53. The Hall–Kier alpha value is -4.97. The monoisotopic (exact) mass is 689 g/mol. The molecule has 12 nitrogen and oxygen atoms in total. The number of nitrogens with zero attached hydrogens (tertiary/aromatic N) is 8. The van der Waals surface area contributed by atoms with Crippen molar-refractivity contribution in [3.05, 3.63) is 54.7 Å². The molecule has 262 valence electrons. The van der Waals surface area contributed by atoms with E-state index in [1.54, 1.807) is 16.9 Å². The number of anilines is 1. The summed E-state index contributed by atoms with van der Waals surface area (Å²) < 4.78 is 42.6. The van der Waals surface area contributed by atoms with Crippen molar-refractivity contribution in [1.29, 1.82) is 5.26 Å². The van der Waals surface area contributed by atoms with E-state index in [1.165, 1.54) is 13.8 Å². The molecule has 0 atom stereocenters. The number of hydrogen-bond acceptors (Lipinski definition) is 9. The van der Waals surface area contributed by atoms with Gasteiger partial charge in [0.05, 0.1) is 41.0 Å². The number of carbonyl (C=O) groups excluding carboxylic acids is 2. The van der Waals surface area contributed by atoms with Crippen LogP contribution in [0.5, 0.6) is 0 Å². The average Bonchev–Trinajstić information content (AvgIpc) is 3.72. The van der Waals surface area contributed by atoms with Crippen molar-refractivity contribution in [3.8, 4) is 28.3 Å². The van der Waals surface area contributed by atoms with Crippen LogP contribution >= 0.6 is 0 Å². The maximum Gasteiger partial charge on any atom is 0.493 e. The quantitative estimate of drug-likeness (QED) is 0.256. The van der Waals surface area contributed by atoms with E-state index in [4.69, 9.17) is 4.98 Å². The van der Waals surface area contributed by atoms with Crippen LogP contribution in [0.1, 0.15) is 64.5 Å². The van der Waals surface area contributed by atoms with Crippen molar-refractivity contribution >= 4 is 23.2 Å². The van der Waals surface area contributed by atoms with Crippen LogP contribution in [0.25, 0.3) is 27.8 Å². The number of hydroxylamine groups is 2. The normalized spacial score (nSPS) is 18.5. The maximum absolute atomic E-state index is 13.6. The predicted octanol–water partition coefficient (Wildman–Crippen LogP) is 5.31. The first-order chi connectivity index (χ1) is 23.8. The summed E-state index contributed by atoms with van der Waals surface area (Å²) in [5.74, 6) is -2.37. The molecule has 1 saturated carbocycles. The summed E-state index contributed by atoms with van der Waals surface area (Å²) in [6.07, 6.45) is 7.21. The largest absolute Gasteiger partial charge is 0.493 e. The van der Waals surface area contributed by atoms with Crippen LogP contribution in [0, 0.1) is 22.2 Å². The second-order valence-corrected chi connectivity index (χ2v) is 14.1. The lowest BCUT2D eigenvalue weighted by atomic mass is 9.62. The van der Waals surface area contributed by atoms with Gasteiger partial charge >= 0.3 is 12.1 Å². The Morgan fingerprint density at radius 2 is 1.82 bits per heavy atom. The molecule has 2 saturated heterocycles. The van der Waals surface area contributed by atoms with E-state index in [2.05, 4.69) is 37.3 Å². The summed E-state index contributed by atoms with van der Waals surface area (Å²) >= 11 is 0. The van der Waals surface area contributed by atoms with Gasteiger partial charge in [-0.05, 0) is 69.6 Å². The number of amides is 1. The standard InChI is InChI=1S/C35H38F3N9O3/c1-4-34(31(48)47(22(2)3)50-32(49)35(36,37)38)7-9-44(10-8-34)29-6-5-23(15-41-29)28-11-24(18-46-30(28)25(14-39)16-43-46)26-17-42-45(19-26)27-12-33(13-27)20-40-21-33/h5-6,11,15-19,22,27,40H,4,7-10,12-13,20-21H2,1-3H3. The highest BCUT2D eigenvalue weighted by atomic mass is 19.4. The number of nitriles is 1. The molecule has 4 aromatic rings. The number of piperidine rings is 1. The summed E-state index contributed by atoms with van der Waals surface area (Å²) in [4.78, 5) is 36.5. The summed E-state index contributed by atoms with van der Waals surface area (Å²) in [6.45, 7) is 7.82. The molecule has 6 heterocycles. The Bertz CT molecular complexity index is 1960. The minimum Gasteiger partial charge on any atom is -0.357 e. The van der Waals surface area contributed by atoms with E-state index in [-0.39, 0.29) is 0 Å². The number of halogens is 3. The van der Waals surface area contributed by atoms with E-state index < -0.39 is 29.5 Å². The number of aromatic nitrogens is 5. The highest BCUT2D eigenvalue weighted by Gasteiger charge is 2.50. The van der Waals surface area contributed by atoms with Gasteiger partial charge in [0.25, 0.3) is 5.91 Å². The van der Waals surface area contributed by atoms with Gasteiger partial charge in [0.2, 0.25) is 0 Å². The highest BCUT2D eigenvalue weighted by molar-refractivity contribution is 5.88. The molecule has 0 radical (unpaired) electrons. The minimum atomic E-state index is -5.22. The average molecular weight is 690 g/mol. The molecular weight excluding hydrogens is 651 g/mol. The summed E-state index contributed by atoms with van der Waals surface area (Å²) in [5.41, 5.74) is 3.99. The Kier molecular flexibility index (Phi) is 8.32. The van der Waals surface area contributed by atoms with Crippen LogP contribution in [0.3, 0.4) is 0 Å². The van der Waals surface area contributed by atoms with E-state index in [1.807, 2.05) is 42.4 Å². The van der Waals surface area contributed by atoms with Gasteiger partial charge in [0.1, 0.15) is 11.9 Å². The summed E-state index contributed by atoms with van der Waals surface area (Å²) in [7, 11) is 0. The van der Waals surface area contributed by atoms with E-state index >= 15 is 0 Å². The van der Waals surface area contributed by atoms with Gasteiger partial charge in [0.15, 0.2) is 0 Å². The molecule has 4 aromatic heterocycles. The molecular formula is C35H38F3N9O3. The zero-order valence-electron chi connectivity index (χ0n) is 28.1. The van der Waals surface area contributed by atoms with Crippen molar-refractivity contribution in [1.82, 2.24) is 34.8 Å². The summed E-state index contributed by atoms with van der Waals surface area (Å²) in [6, 6.07) is 7.70. The van der Waals surface area contributed by atoms with Gasteiger partial charge < -0.3 is 15.1 Å². The third-order valence-corrected chi connectivity index (χ3v) is 10.7. The van der Waals surface area contributed by atoms with Gasteiger partial charge in [-0.3, -0.25) is 9.48 Å². The second kappa shape index (κ2) is 12.4. The van der Waals surface area contributed by atoms with Crippen molar-refractivity contribution in [2.75, 3.05) is 31.1 Å². The van der Waals surface area contributed by atoms with Crippen LogP contribution in [-0.4, -0.2) is 79.7 Å². The van der Waals surface area contributed by atoms with E-state index in [0.717, 1.165) is 48.2 Å². The number of alkyl halides is 3. The third kappa shape index (κ3) is 5.85. The zero-order chi connectivity index (χ0) is 35.4. The van der Waals surface area contributed by atoms with Gasteiger partial charge in [-0.1, -0.05) is 6.92 Å². The van der Waals surface area contributed by atoms with Crippen LogP contribution in [0.2, 0.25) is 0 Å². The van der Waals surface area contributed by atoms with Gasteiger partial charge in [-0.25, -0.2) is 14.3 Å². The molecule has 50 heavy (non-hydrogen) atoms. The molecule has 15 heteroatoms. The summed E-state index contributed by atoms with van der Waals surface area (Å²) in [5, 5.41) is 23.0. The fourth-order valence-electron chi connectivity index (χ4n) is 7.53. The smallest absolute Gasteiger partial charge is 0.357 e. The molecule has 2 aliphatic heterocycles. The van der Waals surface area contributed by atoms with Gasteiger partial charge in [0, 0.05) is 67.0 Å². The first kappa shape index (κ1) is 33.5. The first-order valence-corrected chi connectivity index (χ1v) is 16.9. The van der Waals surface area contributed by atoms with Crippen LogP contribution in [0.15, 0.2) is 49.2 Å². The Morgan fingerprint density at radius 1 is 1.08 bits per heavy atom. The molecule has 1 aliphatic carbocycles. The Morgan fingerprint density at radius 3 is 2.40 bits per heavy atom. The first-order valence-electron chi connectivity index (χ1n) is 16.9. The van der Waals surface area contributed by atoms with Gasteiger partial charge in [-0.15, -0.1) is 0 Å². The maximum atomic E-state index is 13.6. The van der Waals surface area contributed by atoms with Crippen molar-refractivity contribution in [2.24, 2.45) is 10.8 Å². The topological polar surface area (TPSA) is 134 Å². The van der Waals surface area contributed by atoms with Gasteiger partial charge in [-0.2, -0.15) is 33.7 Å². The number of hydrogen-bond donors (Lipinski definition) is 1. The molecule has 1 N–H and O–H groups in total. The minimum absolute atomic E-state index is 0.342. The van der Waals surface area contributed by atoms with Crippen molar-refractivity contribution in [3.63, 3.8) is 0 Å². The van der Waals surface area contributed by atoms with Crippen LogP contribution in [-0.2, 0) is 14.4 Å². The molecule has 1 amide bonds. The Balaban J connectivity index is 1.09.